The molecule has 0 spiro atoms. The molecule has 0 aliphatic rings. The highest BCUT2D eigenvalue weighted by Gasteiger charge is 2.10. The van der Waals surface area contributed by atoms with Gasteiger partial charge in [0.2, 0.25) is 5.91 Å². The average molecular weight is 159 g/mol. The minimum atomic E-state index is -0.113. The number of carbonyl (C=O) groups is 1. The second-order valence-electron chi connectivity index (χ2n) is 2.69. The molecule has 0 aromatic heterocycles. The number of nitrogens with zero attached hydrogens (tertiary/aromatic N) is 1. The van der Waals surface area contributed by atoms with E-state index >= 15 is 0 Å². The minimum Gasteiger partial charge on any atom is -0.303 e. The first-order valence-corrected chi connectivity index (χ1v) is 3.81. The Hall–Kier alpha value is -0.610. The molecule has 1 atom stereocenters. The predicted octanol–water partition coefficient (Wildman–Crippen LogP) is -0.293. The van der Waals surface area contributed by atoms with Gasteiger partial charge < -0.3 is 4.90 Å². The van der Waals surface area contributed by atoms with Crippen molar-refractivity contribution in [3.63, 3.8) is 0 Å². The van der Waals surface area contributed by atoms with Crippen LogP contribution in [0.1, 0.15) is 20.3 Å². The lowest BCUT2D eigenvalue weighted by molar-refractivity contribution is -0.122. The summed E-state index contributed by atoms with van der Waals surface area (Å²) in [7, 11) is 1.98. The summed E-state index contributed by atoms with van der Waals surface area (Å²) >= 11 is 0. The lowest BCUT2D eigenvalue weighted by atomic mass is 10.2. The molecule has 0 aromatic carbocycles. The molecule has 4 nitrogen and oxygen atoms in total. The van der Waals surface area contributed by atoms with Crippen molar-refractivity contribution in [2.75, 3.05) is 13.6 Å². The van der Waals surface area contributed by atoms with Gasteiger partial charge in [-0.1, -0.05) is 6.92 Å². The van der Waals surface area contributed by atoms with Crippen LogP contribution in [0.15, 0.2) is 0 Å². The Bertz CT molecular complexity index is 127. The molecule has 11 heavy (non-hydrogen) atoms. The van der Waals surface area contributed by atoms with Crippen molar-refractivity contribution in [1.82, 2.24) is 10.3 Å². The van der Waals surface area contributed by atoms with Crippen LogP contribution < -0.4 is 11.3 Å². The molecule has 0 aliphatic heterocycles. The molecule has 4 heteroatoms. The first-order chi connectivity index (χ1) is 5.11. The van der Waals surface area contributed by atoms with Gasteiger partial charge in [0, 0.05) is 12.5 Å². The Kier molecular flexibility index (Phi) is 4.81. The van der Waals surface area contributed by atoms with E-state index in [1.165, 1.54) is 0 Å². The second kappa shape index (κ2) is 5.09. The van der Waals surface area contributed by atoms with Gasteiger partial charge in [-0.05, 0) is 20.5 Å². The normalized spacial score (nSPS) is 13.2. The molecule has 0 bridgehead atoms. The quantitative estimate of drug-likeness (QED) is 0.336. The van der Waals surface area contributed by atoms with Crippen LogP contribution in [-0.4, -0.2) is 30.4 Å². The number of carbonyl (C=O) groups excluding carboxylic acids is 1. The van der Waals surface area contributed by atoms with Gasteiger partial charge >= 0.3 is 0 Å². The van der Waals surface area contributed by atoms with E-state index in [1.807, 2.05) is 14.0 Å². The summed E-state index contributed by atoms with van der Waals surface area (Å²) in [6.45, 7) is 4.99. The monoisotopic (exact) mass is 159 g/mol. The van der Waals surface area contributed by atoms with Crippen molar-refractivity contribution in [2.24, 2.45) is 5.84 Å². The molecule has 0 heterocycles. The fraction of sp³-hybridized carbons (Fsp3) is 0.857. The predicted molar refractivity (Wildman–Crippen MR) is 44.7 cm³/mol. The van der Waals surface area contributed by atoms with Gasteiger partial charge in [-0.3, -0.25) is 10.2 Å². The van der Waals surface area contributed by atoms with Crippen molar-refractivity contribution in [2.45, 2.75) is 26.3 Å². The van der Waals surface area contributed by atoms with Gasteiger partial charge in [0.25, 0.3) is 0 Å². The van der Waals surface area contributed by atoms with E-state index in [-0.39, 0.29) is 11.9 Å². The largest absolute Gasteiger partial charge is 0.303 e. The number of nitrogens with two attached hydrogens (primary N) is 1. The van der Waals surface area contributed by atoms with E-state index < -0.39 is 0 Å². The molecular weight excluding hydrogens is 142 g/mol. The molecule has 1 unspecified atom stereocenters. The topological polar surface area (TPSA) is 58.4 Å². The molecular formula is C7H17N3O. The molecule has 0 aromatic rings. The zero-order valence-corrected chi connectivity index (χ0v) is 7.42. The molecule has 3 N–H and O–H groups in total. The summed E-state index contributed by atoms with van der Waals surface area (Å²) in [5.74, 6) is 4.83. The van der Waals surface area contributed by atoms with E-state index in [0.29, 0.717) is 6.42 Å². The van der Waals surface area contributed by atoms with Crippen LogP contribution in [0.4, 0.5) is 0 Å². The average Bonchev–Trinajstić information content (AvgIpc) is 2.02. The highest BCUT2D eigenvalue weighted by Crippen LogP contribution is 1.98. The number of nitrogens with one attached hydrogen (secondary N) is 1. The fourth-order valence-corrected chi connectivity index (χ4v) is 0.795. The first kappa shape index (κ1) is 10.4. The molecule has 66 valence electrons. The van der Waals surface area contributed by atoms with Crippen molar-refractivity contribution in [1.29, 1.82) is 0 Å². The van der Waals surface area contributed by atoms with Gasteiger partial charge in [0.15, 0.2) is 0 Å². The van der Waals surface area contributed by atoms with Gasteiger partial charge in [-0.2, -0.15) is 0 Å². The third-order valence-corrected chi connectivity index (χ3v) is 1.89. The standard InChI is InChI=1S/C7H17N3O/c1-4-10(3)6(2)5-7(11)9-8/h6H,4-5,8H2,1-3H3,(H,9,11). The van der Waals surface area contributed by atoms with Crippen LogP contribution in [0.5, 0.6) is 0 Å². The fourth-order valence-electron chi connectivity index (χ4n) is 0.795. The SMILES string of the molecule is CCN(C)C(C)CC(=O)NN. The number of hydrazine groups is 1. The number of amides is 1. The van der Waals surface area contributed by atoms with Crippen molar-refractivity contribution in [3.05, 3.63) is 0 Å². The minimum absolute atomic E-state index is 0.113. The van der Waals surface area contributed by atoms with E-state index in [1.54, 1.807) is 0 Å². The molecule has 0 fully saturated rings. The highest BCUT2D eigenvalue weighted by molar-refractivity contribution is 5.75. The maximum atomic E-state index is 10.8. The first-order valence-electron chi connectivity index (χ1n) is 3.81. The maximum absolute atomic E-state index is 10.8. The van der Waals surface area contributed by atoms with E-state index in [4.69, 9.17) is 5.84 Å². The van der Waals surface area contributed by atoms with E-state index in [0.717, 1.165) is 6.54 Å². The van der Waals surface area contributed by atoms with Crippen LogP contribution in [0.2, 0.25) is 0 Å². The Labute approximate surface area is 67.7 Å². The van der Waals surface area contributed by atoms with Crippen LogP contribution in [0.3, 0.4) is 0 Å². The van der Waals surface area contributed by atoms with Crippen LogP contribution >= 0.6 is 0 Å². The highest BCUT2D eigenvalue weighted by atomic mass is 16.2. The number of hydrogen-bond donors (Lipinski definition) is 2. The molecule has 0 aliphatic carbocycles. The zero-order chi connectivity index (χ0) is 8.85. The summed E-state index contributed by atoms with van der Waals surface area (Å²) in [6, 6.07) is 0.253. The Morgan fingerprint density at radius 1 is 1.73 bits per heavy atom. The zero-order valence-electron chi connectivity index (χ0n) is 7.42. The van der Waals surface area contributed by atoms with E-state index in [9.17, 15) is 4.79 Å². The summed E-state index contributed by atoms with van der Waals surface area (Å²) in [4.78, 5) is 12.9. The van der Waals surface area contributed by atoms with Gasteiger partial charge in [0.1, 0.15) is 0 Å². The second-order valence-corrected chi connectivity index (χ2v) is 2.69. The molecule has 0 radical (unpaired) electrons. The Balaban J connectivity index is 3.67. The molecule has 0 saturated carbocycles. The molecule has 1 amide bonds. The summed E-state index contributed by atoms with van der Waals surface area (Å²) < 4.78 is 0. The third-order valence-electron chi connectivity index (χ3n) is 1.89. The van der Waals surface area contributed by atoms with Crippen LogP contribution in [-0.2, 0) is 4.79 Å². The summed E-state index contributed by atoms with van der Waals surface area (Å²) in [6.07, 6.45) is 0.459. The maximum Gasteiger partial charge on any atom is 0.235 e. The molecule has 0 saturated heterocycles. The third kappa shape index (κ3) is 3.95. The van der Waals surface area contributed by atoms with Gasteiger partial charge in [-0.15, -0.1) is 0 Å². The Morgan fingerprint density at radius 2 is 2.27 bits per heavy atom. The lowest BCUT2D eigenvalue weighted by Gasteiger charge is -2.21. The van der Waals surface area contributed by atoms with Crippen LogP contribution in [0, 0.1) is 0 Å². The Morgan fingerprint density at radius 3 is 2.64 bits per heavy atom. The van der Waals surface area contributed by atoms with Gasteiger partial charge in [-0.25, -0.2) is 5.84 Å². The van der Waals surface area contributed by atoms with Crippen molar-refractivity contribution < 1.29 is 4.79 Å². The number of hydrogen-bond acceptors (Lipinski definition) is 3. The summed E-state index contributed by atoms with van der Waals surface area (Å²) in [5, 5.41) is 0. The smallest absolute Gasteiger partial charge is 0.235 e. The van der Waals surface area contributed by atoms with Crippen LogP contribution in [0.25, 0.3) is 0 Å². The lowest BCUT2D eigenvalue weighted by Crippen LogP contribution is -2.37. The molecule has 0 rings (SSSR count). The van der Waals surface area contributed by atoms with Crippen molar-refractivity contribution in [3.8, 4) is 0 Å². The van der Waals surface area contributed by atoms with E-state index in [2.05, 4.69) is 17.2 Å². The number of rotatable bonds is 4. The van der Waals surface area contributed by atoms with Gasteiger partial charge in [0.05, 0.1) is 0 Å². The summed E-state index contributed by atoms with van der Waals surface area (Å²) in [5.41, 5.74) is 2.11. The van der Waals surface area contributed by atoms with Crippen molar-refractivity contribution >= 4 is 5.91 Å².